The Morgan fingerprint density at radius 1 is 1.17 bits per heavy atom. The van der Waals surface area contributed by atoms with Crippen LogP contribution in [0.3, 0.4) is 0 Å². The summed E-state index contributed by atoms with van der Waals surface area (Å²) in [7, 11) is 0. The number of carboxylic acids is 1. The van der Waals surface area contributed by atoms with Crippen molar-refractivity contribution in [1.82, 2.24) is 10.2 Å². The molecule has 1 aromatic carbocycles. The number of carboxylic acid groups (broad SMARTS) is 1. The van der Waals surface area contributed by atoms with Gasteiger partial charge in [0.1, 0.15) is 0 Å². The van der Waals surface area contributed by atoms with Crippen LogP contribution in [0.15, 0.2) is 29.1 Å². The average Bonchev–Trinajstić information content (AvgIpc) is 2.74. The van der Waals surface area contributed by atoms with Gasteiger partial charge >= 0.3 is 17.9 Å². The number of esters is 2. The van der Waals surface area contributed by atoms with Gasteiger partial charge in [0.25, 0.3) is 5.56 Å². The summed E-state index contributed by atoms with van der Waals surface area (Å²) in [6.07, 6.45) is 1.23. The molecule has 1 unspecified atom stereocenters. The number of hydrogen-bond donors (Lipinski definition) is 2. The summed E-state index contributed by atoms with van der Waals surface area (Å²) in [6, 6.07) is 6.78. The fourth-order valence-corrected chi connectivity index (χ4v) is 3.62. The number of fused-ring (bicyclic) bond motifs is 1. The smallest absolute Gasteiger partial charge is 0.347 e. The molecule has 0 saturated heterocycles. The van der Waals surface area contributed by atoms with Gasteiger partial charge in [-0.1, -0.05) is 18.2 Å². The Hall–Kier alpha value is -3.23. The summed E-state index contributed by atoms with van der Waals surface area (Å²) in [4.78, 5) is 47.2. The molecule has 9 heteroatoms. The van der Waals surface area contributed by atoms with Crippen molar-refractivity contribution in [3.8, 4) is 0 Å². The SMILES string of the molecule is CC(OC(=O)Cc1n[nH]c(=O)c2ccccc12)C(=O)OCC1CCC(C(=O)O)CC1. The van der Waals surface area contributed by atoms with Crippen molar-refractivity contribution in [1.29, 1.82) is 0 Å². The number of nitrogens with zero attached hydrogens (tertiary/aromatic N) is 1. The van der Waals surface area contributed by atoms with Gasteiger partial charge in [-0.05, 0) is 44.6 Å². The van der Waals surface area contributed by atoms with E-state index in [1.54, 1.807) is 24.3 Å². The Morgan fingerprint density at radius 3 is 2.50 bits per heavy atom. The molecule has 3 rings (SSSR count). The van der Waals surface area contributed by atoms with E-state index in [2.05, 4.69) is 10.2 Å². The highest BCUT2D eigenvalue weighted by Gasteiger charge is 2.28. The molecule has 1 saturated carbocycles. The highest BCUT2D eigenvalue weighted by Crippen LogP contribution is 2.29. The van der Waals surface area contributed by atoms with Crippen LogP contribution in [0, 0.1) is 11.8 Å². The number of aliphatic carboxylic acids is 1. The summed E-state index contributed by atoms with van der Waals surface area (Å²) in [5.74, 6) is -2.30. The van der Waals surface area contributed by atoms with Crippen LogP contribution in [0.4, 0.5) is 0 Å². The van der Waals surface area contributed by atoms with E-state index in [0.29, 0.717) is 42.1 Å². The maximum absolute atomic E-state index is 12.2. The predicted molar refractivity (Wildman–Crippen MR) is 106 cm³/mol. The molecule has 9 nitrogen and oxygen atoms in total. The Labute approximate surface area is 172 Å². The highest BCUT2D eigenvalue weighted by atomic mass is 16.6. The number of ether oxygens (including phenoxy) is 2. The van der Waals surface area contributed by atoms with Crippen molar-refractivity contribution in [3.63, 3.8) is 0 Å². The fourth-order valence-electron chi connectivity index (χ4n) is 3.62. The van der Waals surface area contributed by atoms with Crippen molar-refractivity contribution in [3.05, 3.63) is 40.3 Å². The normalized spacial score (nSPS) is 19.8. The molecule has 0 spiro atoms. The summed E-state index contributed by atoms with van der Waals surface area (Å²) in [5, 5.41) is 16.3. The van der Waals surface area contributed by atoms with Gasteiger partial charge in [0.05, 0.1) is 30.0 Å². The van der Waals surface area contributed by atoms with E-state index in [-0.39, 0.29) is 30.4 Å². The third-order valence-electron chi connectivity index (χ3n) is 5.38. The van der Waals surface area contributed by atoms with Gasteiger partial charge in [-0.3, -0.25) is 14.4 Å². The minimum absolute atomic E-state index is 0.115. The maximum atomic E-state index is 12.2. The molecule has 1 aliphatic carbocycles. The standard InChI is InChI=1S/C21H24N2O7/c1-12(21(28)29-11-13-6-8-14(9-7-13)20(26)27)30-18(24)10-17-15-4-2-3-5-16(15)19(25)23-22-17/h2-5,12-14H,6-11H2,1H3,(H,23,25)(H,26,27). The molecule has 160 valence electrons. The fraction of sp³-hybridized carbons (Fsp3) is 0.476. The molecule has 0 radical (unpaired) electrons. The van der Waals surface area contributed by atoms with Gasteiger partial charge in [0, 0.05) is 5.39 Å². The Kier molecular flexibility index (Phi) is 6.81. The highest BCUT2D eigenvalue weighted by molar-refractivity contribution is 5.87. The molecule has 1 heterocycles. The first kappa shape index (κ1) is 21.5. The summed E-state index contributed by atoms with van der Waals surface area (Å²) < 4.78 is 10.4. The Balaban J connectivity index is 1.49. The lowest BCUT2D eigenvalue weighted by Crippen LogP contribution is -2.30. The van der Waals surface area contributed by atoms with Crippen molar-refractivity contribution in [2.45, 2.75) is 45.1 Å². The molecule has 30 heavy (non-hydrogen) atoms. The lowest BCUT2D eigenvalue weighted by Gasteiger charge is -2.26. The molecule has 1 atom stereocenters. The number of nitrogens with one attached hydrogen (secondary N) is 1. The minimum atomic E-state index is -1.08. The quantitative estimate of drug-likeness (QED) is 0.653. The molecular formula is C21H24N2O7. The molecule has 2 N–H and O–H groups in total. The van der Waals surface area contributed by atoms with Gasteiger partial charge < -0.3 is 14.6 Å². The van der Waals surface area contributed by atoms with Gasteiger partial charge in [-0.2, -0.15) is 5.10 Å². The number of carbonyl (C=O) groups excluding carboxylic acids is 2. The number of aromatic nitrogens is 2. The monoisotopic (exact) mass is 416 g/mol. The van der Waals surface area contributed by atoms with Gasteiger partial charge in [-0.15, -0.1) is 0 Å². The average molecular weight is 416 g/mol. The van der Waals surface area contributed by atoms with E-state index >= 15 is 0 Å². The van der Waals surface area contributed by atoms with Crippen LogP contribution in [0.5, 0.6) is 0 Å². The zero-order valence-electron chi connectivity index (χ0n) is 16.6. The molecule has 1 aliphatic rings. The third-order valence-corrected chi connectivity index (χ3v) is 5.38. The third kappa shape index (κ3) is 5.22. The van der Waals surface area contributed by atoms with Crippen LogP contribution in [0.25, 0.3) is 10.8 Å². The van der Waals surface area contributed by atoms with Crippen molar-refractivity contribution < 1.29 is 29.0 Å². The molecular weight excluding hydrogens is 392 g/mol. The largest absolute Gasteiger partial charge is 0.481 e. The van der Waals surface area contributed by atoms with Crippen LogP contribution in [0.1, 0.15) is 38.3 Å². The molecule has 0 bridgehead atoms. The summed E-state index contributed by atoms with van der Waals surface area (Å²) >= 11 is 0. The zero-order valence-corrected chi connectivity index (χ0v) is 16.6. The molecule has 1 fully saturated rings. The van der Waals surface area contributed by atoms with Crippen LogP contribution < -0.4 is 5.56 Å². The number of rotatable bonds is 7. The molecule has 1 aromatic heterocycles. The predicted octanol–water partition coefficient (Wildman–Crippen LogP) is 1.83. The maximum Gasteiger partial charge on any atom is 0.347 e. The number of H-pyrrole nitrogens is 1. The van der Waals surface area contributed by atoms with E-state index in [4.69, 9.17) is 14.6 Å². The molecule has 2 aromatic rings. The number of carbonyl (C=O) groups is 3. The van der Waals surface area contributed by atoms with Crippen LogP contribution >= 0.6 is 0 Å². The lowest BCUT2D eigenvalue weighted by molar-refractivity contribution is -0.167. The van der Waals surface area contributed by atoms with Crippen LogP contribution in [-0.4, -0.2) is 45.9 Å². The topological polar surface area (TPSA) is 136 Å². The number of benzene rings is 1. The Morgan fingerprint density at radius 2 is 1.83 bits per heavy atom. The first-order valence-electron chi connectivity index (χ1n) is 9.90. The summed E-state index contributed by atoms with van der Waals surface area (Å²) in [6.45, 7) is 1.61. The second-order valence-electron chi connectivity index (χ2n) is 7.54. The van der Waals surface area contributed by atoms with Crippen molar-refractivity contribution >= 4 is 28.7 Å². The van der Waals surface area contributed by atoms with Crippen LogP contribution in [-0.2, 0) is 30.3 Å². The van der Waals surface area contributed by atoms with Crippen LogP contribution in [0.2, 0.25) is 0 Å². The zero-order chi connectivity index (χ0) is 21.7. The van der Waals surface area contributed by atoms with Gasteiger partial charge in [0.2, 0.25) is 0 Å². The van der Waals surface area contributed by atoms with Crippen molar-refractivity contribution in [2.24, 2.45) is 11.8 Å². The second kappa shape index (κ2) is 9.51. The van der Waals surface area contributed by atoms with Crippen molar-refractivity contribution in [2.75, 3.05) is 6.61 Å². The van der Waals surface area contributed by atoms with E-state index < -0.39 is 24.0 Å². The van der Waals surface area contributed by atoms with E-state index in [1.165, 1.54) is 6.92 Å². The number of hydrogen-bond acceptors (Lipinski definition) is 7. The molecule has 0 aliphatic heterocycles. The van der Waals surface area contributed by atoms with E-state index in [1.807, 2.05) is 0 Å². The lowest BCUT2D eigenvalue weighted by atomic mass is 9.82. The van der Waals surface area contributed by atoms with E-state index in [0.717, 1.165) is 0 Å². The summed E-state index contributed by atoms with van der Waals surface area (Å²) in [5.41, 5.74) is 0.00279. The molecule has 0 amide bonds. The van der Waals surface area contributed by atoms with Gasteiger partial charge in [0.15, 0.2) is 6.10 Å². The Bertz CT molecular complexity index is 992. The number of aromatic amines is 1. The van der Waals surface area contributed by atoms with E-state index in [9.17, 15) is 19.2 Å². The first-order valence-corrected chi connectivity index (χ1v) is 9.90. The second-order valence-corrected chi connectivity index (χ2v) is 7.54. The minimum Gasteiger partial charge on any atom is -0.481 e. The van der Waals surface area contributed by atoms with Gasteiger partial charge in [-0.25, -0.2) is 9.89 Å². The first-order chi connectivity index (χ1) is 14.3.